The van der Waals surface area contributed by atoms with Crippen molar-refractivity contribution in [1.29, 1.82) is 0 Å². The molecule has 2 aromatic carbocycles. The van der Waals surface area contributed by atoms with Gasteiger partial charge in [-0.15, -0.1) is 24.0 Å². The van der Waals surface area contributed by atoms with Crippen molar-refractivity contribution in [3.63, 3.8) is 0 Å². The summed E-state index contributed by atoms with van der Waals surface area (Å²) in [6.07, 6.45) is 5.59. The molecular formula is C25H33IN6O. The third kappa shape index (κ3) is 8.53. The number of amides is 1. The molecule has 176 valence electrons. The Hall–Kier alpha value is -2.88. The summed E-state index contributed by atoms with van der Waals surface area (Å²) in [7, 11) is 1.64. The van der Waals surface area contributed by atoms with Crippen molar-refractivity contribution in [1.82, 2.24) is 25.5 Å². The molecule has 0 aliphatic heterocycles. The second-order valence-electron chi connectivity index (χ2n) is 7.42. The van der Waals surface area contributed by atoms with Gasteiger partial charge in [0.25, 0.3) is 5.91 Å². The molecule has 0 aliphatic rings. The van der Waals surface area contributed by atoms with Crippen molar-refractivity contribution in [2.24, 2.45) is 4.99 Å². The van der Waals surface area contributed by atoms with Gasteiger partial charge in [0.2, 0.25) is 0 Å². The summed E-state index contributed by atoms with van der Waals surface area (Å²) in [6.45, 7) is 4.92. The highest BCUT2D eigenvalue weighted by Gasteiger charge is 2.06. The Labute approximate surface area is 213 Å². The van der Waals surface area contributed by atoms with Gasteiger partial charge in [-0.25, -0.2) is 9.98 Å². The van der Waals surface area contributed by atoms with E-state index in [1.807, 2.05) is 49.6 Å². The highest BCUT2D eigenvalue weighted by atomic mass is 127. The van der Waals surface area contributed by atoms with Gasteiger partial charge in [-0.3, -0.25) is 4.79 Å². The van der Waals surface area contributed by atoms with E-state index in [-0.39, 0.29) is 29.9 Å². The Balaban J connectivity index is 0.00000385. The number of aliphatic imine (C=N–C) groups is 1. The Kier molecular flexibility index (Phi) is 11.4. The molecule has 0 fully saturated rings. The molecule has 0 aliphatic carbocycles. The fourth-order valence-corrected chi connectivity index (χ4v) is 3.42. The highest BCUT2D eigenvalue weighted by molar-refractivity contribution is 14.0. The molecule has 0 saturated heterocycles. The van der Waals surface area contributed by atoms with E-state index in [2.05, 4.69) is 49.8 Å². The maximum absolute atomic E-state index is 11.8. The van der Waals surface area contributed by atoms with Crippen LogP contribution in [0.4, 0.5) is 0 Å². The molecule has 1 amide bonds. The van der Waals surface area contributed by atoms with Crippen LogP contribution in [0.1, 0.15) is 34.2 Å². The number of carbonyl (C=O) groups is 1. The average molecular weight is 560 g/mol. The number of hydrogen-bond acceptors (Lipinski definition) is 3. The van der Waals surface area contributed by atoms with Gasteiger partial charge in [0, 0.05) is 44.6 Å². The average Bonchev–Trinajstić information content (AvgIpc) is 3.29. The molecule has 0 spiro atoms. The first-order valence-electron chi connectivity index (χ1n) is 11.1. The van der Waals surface area contributed by atoms with Crippen LogP contribution in [0.5, 0.6) is 0 Å². The van der Waals surface area contributed by atoms with Crippen LogP contribution in [0.25, 0.3) is 0 Å². The second-order valence-corrected chi connectivity index (χ2v) is 7.42. The summed E-state index contributed by atoms with van der Waals surface area (Å²) in [5.41, 5.74) is 3.09. The van der Waals surface area contributed by atoms with Crippen molar-refractivity contribution in [3.8, 4) is 0 Å². The van der Waals surface area contributed by atoms with E-state index in [1.54, 1.807) is 7.05 Å². The molecule has 0 unspecified atom stereocenters. The minimum Gasteiger partial charge on any atom is -0.357 e. The molecule has 1 aromatic heterocycles. The molecule has 0 radical (unpaired) electrons. The number of hydrogen-bond donors (Lipinski definition) is 3. The van der Waals surface area contributed by atoms with Crippen LogP contribution in [-0.4, -0.2) is 41.6 Å². The van der Waals surface area contributed by atoms with Crippen molar-refractivity contribution in [2.75, 3.05) is 20.1 Å². The molecule has 7 nitrogen and oxygen atoms in total. The molecular weight excluding hydrogens is 527 g/mol. The lowest BCUT2D eigenvalue weighted by molar-refractivity contribution is 0.0963. The maximum atomic E-state index is 11.8. The van der Waals surface area contributed by atoms with E-state index in [0.29, 0.717) is 18.7 Å². The summed E-state index contributed by atoms with van der Waals surface area (Å²) < 4.78 is 2.16. The minimum atomic E-state index is -0.0718. The predicted octanol–water partition coefficient (Wildman–Crippen LogP) is 3.40. The number of aryl methyl sites for hydroxylation is 2. The van der Waals surface area contributed by atoms with Gasteiger partial charge in [0.15, 0.2) is 5.96 Å². The fraction of sp³-hybridized carbons (Fsp3) is 0.320. The zero-order chi connectivity index (χ0) is 22.6. The van der Waals surface area contributed by atoms with Gasteiger partial charge in [0.1, 0.15) is 12.4 Å². The molecule has 0 bridgehead atoms. The van der Waals surface area contributed by atoms with E-state index in [0.717, 1.165) is 43.3 Å². The fourth-order valence-electron chi connectivity index (χ4n) is 3.42. The normalized spacial score (nSPS) is 10.9. The number of halogens is 1. The third-order valence-electron chi connectivity index (χ3n) is 5.13. The van der Waals surface area contributed by atoms with Crippen LogP contribution in [0.3, 0.4) is 0 Å². The van der Waals surface area contributed by atoms with E-state index >= 15 is 0 Å². The molecule has 0 saturated carbocycles. The Morgan fingerprint density at radius 2 is 1.82 bits per heavy atom. The van der Waals surface area contributed by atoms with Crippen molar-refractivity contribution < 1.29 is 4.79 Å². The topological polar surface area (TPSA) is 83.3 Å². The number of aromatic nitrogens is 2. The standard InChI is InChI=1S/C25H32N6O.HI/c1-3-27-25(29-14-12-21-10-7-11-22(18-21)24(32)26-2)30-19-23-28-15-17-31(23)16-13-20-8-5-4-6-9-20;/h4-11,15,17-18H,3,12-14,16,19H2,1-2H3,(H,26,32)(H2,27,29,30);1H. The molecule has 3 rings (SSSR count). The van der Waals surface area contributed by atoms with Crippen LogP contribution >= 0.6 is 24.0 Å². The van der Waals surface area contributed by atoms with Crippen molar-refractivity contribution in [3.05, 3.63) is 89.5 Å². The number of carbonyl (C=O) groups excluding carboxylic acids is 1. The molecule has 3 N–H and O–H groups in total. The summed E-state index contributed by atoms with van der Waals surface area (Å²) in [5, 5.41) is 9.32. The monoisotopic (exact) mass is 560 g/mol. The van der Waals surface area contributed by atoms with Crippen LogP contribution in [0, 0.1) is 0 Å². The Bertz CT molecular complexity index is 1020. The van der Waals surface area contributed by atoms with Gasteiger partial charge in [-0.1, -0.05) is 42.5 Å². The molecule has 0 atom stereocenters. The smallest absolute Gasteiger partial charge is 0.251 e. The van der Waals surface area contributed by atoms with Crippen LogP contribution in [0.2, 0.25) is 0 Å². The minimum absolute atomic E-state index is 0. The van der Waals surface area contributed by atoms with E-state index in [9.17, 15) is 4.79 Å². The summed E-state index contributed by atoms with van der Waals surface area (Å²) in [5.74, 6) is 1.63. The predicted molar refractivity (Wildman–Crippen MR) is 144 cm³/mol. The zero-order valence-electron chi connectivity index (χ0n) is 19.3. The quantitative estimate of drug-likeness (QED) is 0.202. The first-order valence-corrected chi connectivity index (χ1v) is 11.1. The maximum Gasteiger partial charge on any atom is 0.251 e. The Morgan fingerprint density at radius 1 is 1.03 bits per heavy atom. The van der Waals surface area contributed by atoms with Crippen LogP contribution in [-0.2, 0) is 25.9 Å². The number of nitrogens with one attached hydrogen (secondary N) is 3. The lowest BCUT2D eigenvalue weighted by atomic mass is 10.1. The second kappa shape index (κ2) is 14.3. The largest absolute Gasteiger partial charge is 0.357 e. The summed E-state index contributed by atoms with van der Waals surface area (Å²) in [4.78, 5) is 21.0. The van der Waals surface area contributed by atoms with Gasteiger partial charge < -0.3 is 20.5 Å². The van der Waals surface area contributed by atoms with Gasteiger partial charge >= 0.3 is 0 Å². The van der Waals surface area contributed by atoms with E-state index in [4.69, 9.17) is 4.99 Å². The third-order valence-corrected chi connectivity index (χ3v) is 5.13. The van der Waals surface area contributed by atoms with Crippen molar-refractivity contribution in [2.45, 2.75) is 32.9 Å². The van der Waals surface area contributed by atoms with Crippen LogP contribution in [0.15, 0.2) is 72.0 Å². The first kappa shape index (κ1) is 26.4. The van der Waals surface area contributed by atoms with Gasteiger partial charge in [-0.2, -0.15) is 0 Å². The van der Waals surface area contributed by atoms with E-state index in [1.165, 1.54) is 5.56 Å². The summed E-state index contributed by atoms with van der Waals surface area (Å²) >= 11 is 0. The lowest BCUT2D eigenvalue weighted by Gasteiger charge is -2.12. The van der Waals surface area contributed by atoms with Crippen molar-refractivity contribution >= 4 is 35.8 Å². The lowest BCUT2D eigenvalue weighted by Crippen LogP contribution is -2.38. The van der Waals surface area contributed by atoms with Gasteiger partial charge in [-0.05, 0) is 43.0 Å². The highest BCUT2D eigenvalue weighted by Crippen LogP contribution is 2.07. The zero-order valence-corrected chi connectivity index (χ0v) is 21.6. The number of rotatable bonds is 10. The number of imidazole rings is 1. The number of guanidine groups is 1. The first-order chi connectivity index (χ1) is 15.7. The van der Waals surface area contributed by atoms with Gasteiger partial charge in [0.05, 0.1) is 0 Å². The molecule has 8 heteroatoms. The van der Waals surface area contributed by atoms with E-state index < -0.39 is 0 Å². The summed E-state index contributed by atoms with van der Waals surface area (Å²) in [6, 6.07) is 18.1. The number of benzene rings is 2. The molecule has 3 aromatic rings. The SMILES string of the molecule is CCNC(=NCc1nccn1CCc1ccccc1)NCCc1cccc(C(=O)NC)c1.I. The Morgan fingerprint density at radius 3 is 2.58 bits per heavy atom. The molecule has 33 heavy (non-hydrogen) atoms. The van der Waals surface area contributed by atoms with Crippen LogP contribution < -0.4 is 16.0 Å². The number of nitrogens with zero attached hydrogens (tertiary/aromatic N) is 3. The molecule has 1 heterocycles.